The van der Waals surface area contributed by atoms with E-state index in [4.69, 9.17) is 9.26 Å². The molecule has 2 aromatic heterocycles. The first kappa shape index (κ1) is 21.8. The highest BCUT2D eigenvalue weighted by Gasteiger charge is 2.23. The number of nitrogens with zero attached hydrogens (tertiary/aromatic N) is 3. The normalized spacial score (nSPS) is 11.5. The molecular weight excluding hydrogens is 424 g/mol. The molecule has 0 aliphatic rings. The number of carbonyl (C=O) groups is 2. The van der Waals surface area contributed by atoms with Gasteiger partial charge >= 0.3 is 0 Å². The van der Waals surface area contributed by atoms with Gasteiger partial charge in [0.15, 0.2) is 0 Å². The molecule has 10 heteroatoms. The number of anilines is 1. The van der Waals surface area contributed by atoms with E-state index >= 15 is 0 Å². The van der Waals surface area contributed by atoms with Gasteiger partial charge < -0.3 is 19.9 Å². The van der Waals surface area contributed by atoms with Crippen molar-refractivity contribution >= 4 is 17.5 Å². The molecule has 0 bridgehead atoms. The van der Waals surface area contributed by atoms with E-state index < -0.39 is 6.04 Å². The number of hydrogen-bond acceptors (Lipinski definition) is 7. The number of benzene rings is 2. The zero-order valence-electron chi connectivity index (χ0n) is 17.8. The molecule has 0 aliphatic heterocycles. The minimum absolute atomic E-state index is 0.0760. The Morgan fingerprint density at radius 3 is 2.61 bits per heavy atom. The van der Waals surface area contributed by atoms with Crippen LogP contribution in [-0.4, -0.2) is 39.3 Å². The van der Waals surface area contributed by atoms with Gasteiger partial charge in [-0.25, -0.2) is 0 Å². The van der Waals surface area contributed by atoms with Gasteiger partial charge in [-0.05, 0) is 29.8 Å². The summed E-state index contributed by atoms with van der Waals surface area (Å²) in [5.74, 6) is 0.777. The van der Waals surface area contributed by atoms with Gasteiger partial charge in [0.25, 0.3) is 5.91 Å². The molecule has 0 fully saturated rings. The maximum Gasteiger partial charge on any atom is 0.251 e. The molecule has 0 saturated heterocycles. The number of ether oxygens (including phenoxy) is 1. The topological polar surface area (TPSA) is 135 Å². The Hall–Kier alpha value is -4.47. The summed E-state index contributed by atoms with van der Waals surface area (Å²) in [6.45, 7) is 0. The molecule has 0 aliphatic carbocycles. The third-order valence-electron chi connectivity index (χ3n) is 4.85. The Kier molecular flexibility index (Phi) is 6.74. The summed E-state index contributed by atoms with van der Waals surface area (Å²) in [5, 5.41) is 15.9. The van der Waals surface area contributed by atoms with Crippen LogP contribution in [0.2, 0.25) is 0 Å². The summed E-state index contributed by atoms with van der Waals surface area (Å²) < 4.78 is 10.4. The van der Waals surface area contributed by atoms with Gasteiger partial charge in [0.2, 0.25) is 17.6 Å². The number of rotatable bonds is 9. The molecule has 4 rings (SSSR count). The number of methoxy groups -OCH3 is 1. The van der Waals surface area contributed by atoms with Crippen molar-refractivity contribution in [2.24, 2.45) is 0 Å². The average molecular weight is 446 g/mol. The number of amides is 2. The number of carbonyl (C=O) groups excluding carboxylic acids is 2. The number of aryl methyl sites for hydroxylation is 1. The Balaban J connectivity index is 1.38. The second kappa shape index (κ2) is 10.2. The number of aromatic nitrogens is 4. The van der Waals surface area contributed by atoms with Crippen molar-refractivity contribution in [3.63, 3.8) is 0 Å². The van der Waals surface area contributed by atoms with E-state index in [9.17, 15) is 9.59 Å². The number of hydrogen-bond donors (Lipinski definition) is 3. The van der Waals surface area contributed by atoms with Crippen molar-refractivity contribution in [1.29, 1.82) is 0 Å². The maximum atomic E-state index is 12.8. The predicted octanol–water partition coefficient (Wildman–Crippen LogP) is 2.90. The first-order valence-electron chi connectivity index (χ1n) is 10.2. The lowest BCUT2D eigenvalue weighted by Gasteiger charge is -2.18. The van der Waals surface area contributed by atoms with Gasteiger partial charge in [0.05, 0.1) is 19.0 Å². The molecule has 168 valence electrons. The number of nitrogens with one attached hydrogen (secondary N) is 3. The first-order chi connectivity index (χ1) is 16.1. The van der Waals surface area contributed by atoms with E-state index in [0.29, 0.717) is 23.0 Å². The Labute approximate surface area is 189 Å². The highest BCUT2D eigenvalue weighted by molar-refractivity contribution is 5.97. The van der Waals surface area contributed by atoms with Crippen LogP contribution in [0.25, 0.3) is 11.4 Å². The predicted molar refractivity (Wildman–Crippen MR) is 119 cm³/mol. The summed E-state index contributed by atoms with van der Waals surface area (Å²) >= 11 is 0. The molecule has 2 amide bonds. The molecule has 1 atom stereocenters. The van der Waals surface area contributed by atoms with Gasteiger partial charge in [0.1, 0.15) is 11.8 Å². The van der Waals surface area contributed by atoms with Crippen LogP contribution in [0.5, 0.6) is 5.75 Å². The second-order valence-electron chi connectivity index (χ2n) is 7.13. The standard InChI is InChI=1S/C23H22N6O4/c1-32-18-9-7-16(8-10-18)22-28-20(33-29-22)12-11-19(30)27-21(15-5-3-2-4-6-15)23(31)26-17-13-24-25-14-17/h2-10,13-14,21H,11-12H2,1H3,(H,24,25)(H,26,31)(H,27,30). The smallest absolute Gasteiger partial charge is 0.251 e. The zero-order chi connectivity index (χ0) is 23.0. The van der Waals surface area contributed by atoms with Crippen LogP contribution in [0.1, 0.15) is 23.9 Å². The fraction of sp³-hybridized carbons (Fsp3) is 0.174. The lowest BCUT2D eigenvalue weighted by atomic mass is 10.1. The van der Waals surface area contributed by atoms with E-state index in [1.807, 2.05) is 18.2 Å². The van der Waals surface area contributed by atoms with Crippen molar-refractivity contribution in [2.45, 2.75) is 18.9 Å². The van der Waals surface area contributed by atoms with Crippen LogP contribution in [0.3, 0.4) is 0 Å². The fourth-order valence-corrected chi connectivity index (χ4v) is 3.15. The molecule has 4 aromatic rings. The van der Waals surface area contributed by atoms with Crippen LogP contribution < -0.4 is 15.4 Å². The summed E-state index contributed by atoms with van der Waals surface area (Å²) in [6, 6.07) is 15.4. The van der Waals surface area contributed by atoms with E-state index in [-0.39, 0.29) is 24.7 Å². The van der Waals surface area contributed by atoms with Crippen molar-refractivity contribution in [3.05, 3.63) is 78.4 Å². The molecule has 2 aromatic carbocycles. The molecule has 1 unspecified atom stereocenters. The Bertz CT molecular complexity index is 1190. The van der Waals surface area contributed by atoms with E-state index in [2.05, 4.69) is 31.0 Å². The largest absolute Gasteiger partial charge is 0.497 e. The third-order valence-corrected chi connectivity index (χ3v) is 4.85. The molecule has 0 spiro atoms. The van der Waals surface area contributed by atoms with Crippen molar-refractivity contribution in [1.82, 2.24) is 25.7 Å². The van der Waals surface area contributed by atoms with E-state index in [0.717, 1.165) is 11.3 Å². The molecule has 10 nitrogen and oxygen atoms in total. The summed E-state index contributed by atoms with van der Waals surface area (Å²) in [5.41, 5.74) is 1.94. The van der Waals surface area contributed by atoms with Crippen molar-refractivity contribution in [3.8, 4) is 17.1 Å². The van der Waals surface area contributed by atoms with Crippen LogP contribution >= 0.6 is 0 Å². The van der Waals surface area contributed by atoms with Gasteiger partial charge in [-0.1, -0.05) is 35.5 Å². The molecule has 3 N–H and O–H groups in total. The van der Waals surface area contributed by atoms with Gasteiger partial charge in [-0.3, -0.25) is 14.7 Å². The molecular formula is C23H22N6O4. The van der Waals surface area contributed by atoms with Gasteiger partial charge in [-0.15, -0.1) is 0 Å². The molecule has 2 heterocycles. The van der Waals surface area contributed by atoms with Gasteiger partial charge in [0, 0.05) is 24.6 Å². The minimum Gasteiger partial charge on any atom is -0.497 e. The summed E-state index contributed by atoms with van der Waals surface area (Å²) in [6.07, 6.45) is 3.35. The lowest BCUT2D eigenvalue weighted by molar-refractivity contribution is -0.126. The van der Waals surface area contributed by atoms with E-state index in [1.54, 1.807) is 49.7 Å². The fourth-order valence-electron chi connectivity index (χ4n) is 3.15. The number of aromatic amines is 1. The molecule has 33 heavy (non-hydrogen) atoms. The van der Waals surface area contributed by atoms with E-state index in [1.165, 1.54) is 6.20 Å². The molecule has 0 radical (unpaired) electrons. The third kappa shape index (κ3) is 5.62. The monoisotopic (exact) mass is 446 g/mol. The Morgan fingerprint density at radius 2 is 1.91 bits per heavy atom. The van der Waals surface area contributed by atoms with Crippen molar-refractivity contribution < 1.29 is 18.8 Å². The van der Waals surface area contributed by atoms with Gasteiger partial charge in [-0.2, -0.15) is 10.1 Å². The quantitative estimate of drug-likeness (QED) is 0.360. The maximum absolute atomic E-state index is 12.8. The lowest BCUT2D eigenvalue weighted by Crippen LogP contribution is -2.37. The minimum atomic E-state index is -0.869. The highest BCUT2D eigenvalue weighted by atomic mass is 16.5. The highest BCUT2D eigenvalue weighted by Crippen LogP contribution is 2.20. The summed E-state index contributed by atoms with van der Waals surface area (Å²) in [7, 11) is 1.59. The summed E-state index contributed by atoms with van der Waals surface area (Å²) in [4.78, 5) is 29.8. The Morgan fingerprint density at radius 1 is 1.12 bits per heavy atom. The number of H-pyrrole nitrogens is 1. The van der Waals surface area contributed by atoms with Crippen LogP contribution in [0.4, 0.5) is 5.69 Å². The van der Waals surface area contributed by atoms with Crippen LogP contribution in [-0.2, 0) is 16.0 Å². The molecule has 0 saturated carbocycles. The average Bonchev–Trinajstić information content (AvgIpc) is 3.54. The van der Waals surface area contributed by atoms with Crippen LogP contribution in [0, 0.1) is 0 Å². The van der Waals surface area contributed by atoms with Crippen molar-refractivity contribution in [2.75, 3.05) is 12.4 Å². The van der Waals surface area contributed by atoms with Crippen LogP contribution in [0.15, 0.2) is 71.5 Å². The second-order valence-corrected chi connectivity index (χ2v) is 7.13. The zero-order valence-corrected chi connectivity index (χ0v) is 17.8. The first-order valence-corrected chi connectivity index (χ1v) is 10.2. The SMILES string of the molecule is COc1ccc(-c2noc(CCC(=O)NC(C(=O)Nc3cn[nH]c3)c3ccccc3)n2)cc1.